The first kappa shape index (κ1) is 26.0. The molecule has 2 aromatic rings. The highest BCUT2D eigenvalue weighted by Crippen LogP contribution is 2.42. The van der Waals surface area contributed by atoms with Crippen LogP contribution < -0.4 is 0 Å². The first-order valence-electron chi connectivity index (χ1n) is 9.67. The topological polar surface area (TPSA) is 64.4 Å². The molecule has 34 heavy (non-hydrogen) atoms. The van der Waals surface area contributed by atoms with Gasteiger partial charge >= 0.3 is 12.4 Å². The number of halogens is 8. The number of aliphatic imine (C=N–C) groups is 1. The van der Waals surface area contributed by atoms with Crippen LogP contribution in [0.2, 0.25) is 5.02 Å². The minimum Gasteiger partial charge on any atom is -0.357 e. The molecular formula is C21H17ClF7N3O2. The molecule has 0 bridgehead atoms. The Hall–Kier alpha value is -2.60. The fourth-order valence-corrected chi connectivity index (χ4v) is 3.58. The lowest BCUT2D eigenvalue weighted by molar-refractivity contribution is -0.249. The van der Waals surface area contributed by atoms with E-state index in [-0.39, 0.29) is 11.4 Å². The SMILES string of the molecule is CC1=N[C@](C)(c2nc(CC(=O)c3ncc(C(F)(F)F)cc3Cl)ccc2F)CO[C@@]1(C)C(F)(F)F. The standard InChI is InChI=1S/C21H17ClF7N3O2/c1-10-19(3,21(27,28)29)34-9-18(2,32-10)17-14(23)5-4-12(31-17)7-15(33)16-13(22)6-11(8-30-16)20(24,25)26/h4-6,8H,7,9H2,1-3H3/t18-,19+/m0/s1. The van der Waals surface area contributed by atoms with Crippen LogP contribution in [-0.4, -0.2) is 39.8 Å². The Morgan fingerprint density at radius 2 is 1.82 bits per heavy atom. The van der Waals surface area contributed by atoms with Crippen LogP contribution in [0.4, 0.5) is 30.7 Å². The third-order valence-electron chi connectivity index (χ3n) is 5.48. The zero-order valence-corrected chi connectivity index (χ0v) is 18.7. The largest absolute Gasteiger partial charge is 0.422 e. The van der Waals surface area contributed by atoms with Gasteiger partial charge in [-0.15, -0.1) is 0 Å². The van der Waals surface area contributed by atoms with Crippen molar-refractivity contribution in [2.45, 2.75) is 50.7 Å². The Morgan fingerprint density at radius 3 is 2.35 bits per heavy atom. The zero-order chi connectivity index (χ0) is 25.7. The van der Waals surface area contributed by atoms with E-state index in [1.165, 1.54) is 6.92 Å². The summed E-state index contributed by atoms with van der Waals surface area (Å²) in [5, 5.41) is -0.526. The number of hydrogen-bond acceptors (Lipinski definition) is 5. The Morgan fingerprint density at radius 1 is 1.18 bits per heavy atom. The van der Waals surface area contributed by atoms with E-state index in [0.717, 1.165) is 26.0 Å². The molecule has 184 valence electrons. The second-order valence-electron chi connectivity index (χ2n) is 8.08. The molecule has 0 saturated heterocycles. The molecule has 0 amide bonds. The van der Waals surface area contributed by atoms with Crippen LogP contribution in [0.3, 0.4) is 0 Å². The monoisotopic (exact) mass is 511 g/mol. The number of pyridine rings is 2. The predicted octanol–water partition coefficient (Wildman–Crippen LogP) is 5.74. The molecule has 5 nitrogen and oxygen atoms in total. The van der Waals surface area contributed by atoms with E-state index < -0.39 is 70.1 Å². The number of Topliss-reactive ketones (excluding diaryl/α,β-unsaturated/α-hetero) is 1. The number of ether oxygens (including phenoxy) is 1. The summed E-state index contributed by atoms with van der Waals surface area (Å²) in [7, 11) is 0. The molecule has 0 fully saturated rings. The van der Waals surface area contributed by atoms with Gasteiger partial charge in [0, 0.05) is 11.9 Å². The summed E-state index contributed by atoms with van der Waals surface area (Å²) >= 11 is 5.79. The molecule has 3 rings (SSSR count). The molecule has 0 unspecified atom stereocenters. The maximum Gasteiger partial charge on any atom is 0.422 e. The molecular weight excluding hydrogens is 495 g/mol. The van der Waals surface area contributed by atoms with Crippen molar-refractivity contribution in [2.24, 2.45) is 4.99 Å². The molecule has 0 aliphatic carbocycles. The summed E-state index contributed by atoms with van der Waals surface area (Å²) in [6, 6.07) is 2.67. The summed E-state index contributed by atoms with van der Waals surface area (Å²) in [4.78, 5) is 24.1. The number of hydrogen-bond donors (Lipinski definition) is 0. The molecule has 2 atom stereocenters. The van der Waals surface area contributed by atoms with Gasteiger partial charge in [0.15, 0.2) is 11.4 Å². The molecule has 0 radical (unpaired) electrons. The van der Waals surface area contributed by atoms with Crippen molar-refractivity contribution in [1.82, 2.24) is 9.97 Å². The van der Waals surface area contributed by atoms with E-state index in [0.29, 0.717) is 12.3 Å². The Balaban J connectivity index is 1.91. The van der Waals surface area contributed by atoms with E-state index in [1.807, 2.05) is 0 Å². The molecule has 0 aromatic carbocycles. The van der Waals surface area contributed by atoms with Crippen molar-refractivity contribution in [3.05, 3.63) is 57.9 Å². The lowest BCUT2D eigenvalue weighted by atomic mass is 9.91. The summed E-state index contributed by atoms with van der Waals surface area (Å²) in [5.41, 5.74) is -6.66. The summed E-state index contributed by atoms with van der Waals surface area (Å²) < 4.78 is 98.1. The van der Waals surface area contributed by atoms with Gasteiger partial charge in [-0.2, -0.15) is 26.3 Å². The smallest absolute Gasteiger partial charge is 0.357 e. The molecule has 2 aromatic heterocycles. The van der Waals surface area contributed by atoms with Gasteiger partial charge in [0.1, 0.15) is 22.7 Å². The van der Waals surface area contributed by atoms with Crippen LogP contribution in [0, 0.1) is 5.82 Å². The number of aromatic nitrogens is 2. The molecule has 13 heteroatoms. The first-order valence-corrected chi connectivity index (χ1v) is 10.1. The summed E-state index contributed by atoms with van der Waals surface area (Å²) in [5.74, 6) is -1.68. The van der Waals surface area contributed by atoms with E-state index in [4.69, 9.17) is 16.3 Å². The van der Waals surface area contributed by atoms with Crippen molar-refractivity contribution >= 4 is 23.1 Å². The lowest BCUT2D eigenvalue weighted by Crippen LogP contribution is -2.56. The average molecular weight is 512 g/mol. The van der Waals surface area contributed by atoms with Crippen LogP contribution in [0.5, 0.6) is 0 Å². The summed E-state index contributed by atoms with van der Waals surface area (Å²) in [6.45, 7) is 2.60. The minimum absolute atomic E-state index is 0.0163. The Bertz CT molecular complexity index is 1170. The number of ketones is 1. The van der Waals surface area contributed by atoms with Crippen molar-refractivity contribution in [3.63, 3.8) is 0 Å². The predicted molar refractivity (Wildman–Crippen MR) is 107 cm³/mol. The fraction of sp³-hybridized carbons (Fsp3) is 0.429. The highest BCUT2D eigenvalue weighted by Gasteiger charge is 2.58. The maximum atomic E-state index is 14.6. The van der Waals surface area contributed by atoms with Crippen LogP contribution in [0.25, 0.3) is 0 Å². The highest BCUT2D eigenvalue weighted by molar-refractivity contribution is 6.33. The van der Waals surface area contributed by atoms with Gasteiger partial charge in [-0.3, -0.25) is 19.8 Å². The van der Waals surface area contributed by atoms with E-state index in [9.17, 15) is 35.5 Å². The van der Waals surface area contributed by atoms with Crippen molar-refractivity contribution in [1.29, 1.82) is 0 Å². The highest BCUT2D eigenvalue weighted by atomic mass is 35.5. The number of alkyl halides is 6. The second kappa shape index (κ2) is 8.56. The minimum atomic E-state index is -4.75. The molecule has 3 heterocycles. The zero-order valence-electron chi connectivity index (χ0n) is 17.9. The van der Waals surface area contributed by atoms with Crippen molar-refractivity contribution in [2.75, 3.05) is 6.61 Å². The van der Waals surface area contributed by atoms with Crippen LogP contribution in [-0.2, 0) is 22.9 Å². The van der Waals surface area contributed by atoms with Gasteiger partial charge in [0.25, 0.3) is 0 Å². The number of nitrogens with zero attached hydrogens (tertiary/aromatic N) is 3. The molecule has 0 saturated carbocycles. The number of carbonyl (C=O) groups excluding carboxylic acids is 1. The second-order valence-corrected chi connectivity index (χ2v) is 8.48. The van der Waals surface area contributed by atoms with Crippen LogP contribution in [0.1, 0.15) is 48.2 Å². The average Bonchev–Trinajstić information content (AvgIpc) is 2.70. The van der Waals surface area contributed by atoms with Gasteiger partial charge in [-0.05, 0) is 39.0 Å². The van der Waals surface area contributed by atoms with E-state index in [1.54, 1.807) is 0 Å². The van der Waals surface area contributed by atoms with Gasteiger partial charge in [0.2, 0.25) is 0 Å². The fourth-order valence-electron chi connectivity index (χ4n) is 3.31. The van der Waals surface area contributed by atoms with Crippen molar-refractivity contribution < 1.29 is 40.3 Å². The van der Waals surface area contributed by atoms with E-state index >= 15 is 0 Å². The van der Waals surface area contributed by atoms with E-state index in [2.05, 4.69) is 15.0 Å². The number of rotatable bonds is 4. The summed E-state index contributed by atoms with van der Waals surface area (Å²) in [6.07, 6.45) is -9.51. The normalized spacial score (nSPS) is 23.6. The Kier molecular flexibility index (Phi) is 6.55. The molecule has 1 aliphatic rings. The van der Waals surface area contributed by atoms with Gasteiger partial charge in [-0.1, -0.05) is 11.6 Å². The lowest BCUT2D eigenvalue weighted by Gasteiger charge is -2.41. The number of carbonyl (C=O) groups is 1. The molecule has 1 aliphatic heterocycles. The van der Waals surface area contributed by atoms with Crippen molar-refractivity contribution in [3.8, 4) is 0 Å². The van der Waals surface area contributed by atoms with Crippen LogP contribution in [0.15, 0.2) is 29.4 Å². The third kappa shape index (κ3) is 4.78. The molecule has 0 spiro atoms. The van der Waals surface area contributed by atoms with Gasteiger partial charge in [0.05, 0.1) is 29.3 Å². The Labute approximate surface area is 194 Å². The quantitative estimate of drug-likeness (QED) is 0.388. The maximum absolute atomic E-state index is 14.6. The van der Waals surface area contributed by atoms with Gasteiger partial charge < -0.3 is 4.74 Å². The third-order valence-corrected chi connectivity index (χ3v) is 5.76. The van der Waals surface area contributed by atoms with Gasteiger partial charge in [-0.25, -0.2) is 4.39 Å². The molecule has 0 N–H and O–H groups in total. The first-order chi connectivity index (χ1) is 15.5. The van der Waals surface area contributed by atoms with Crippen LogP contribution >= 0.6 is 11.6 Å².